The van der Waals surface area contributed by atoms with Gasteiger partial charge in [-0.1, -0.05) is 42.1 Å². The van der Waals surface area contributed by atoms with E-state index in [9.17, 15) is 22.0 Å². The number of carbonyl (C=O) groups is 1. The highest BCUT2D eigenvalue weighted by atomic mass is 32.2. The Labute approximate surface area is 183 Å². The van der Waals surface area contributed by atoms with E-state index in [1.165, 1.54) is 28.6 Å². The molecule has 0 unspecified atom stereocenters. The van der Waals surface area contributed by atoms with Crippen molar-refractivity contribution < 1.29 is 22.0 Å². The lowest BCUT2D eigenvalue weighted by atomic mass is 10.1. The molecule has 3 aromatic rings. The van der Waals surface area contributed by atoms with Crippen molar-refractivity contribution in [2.75, 3.05) is 26.2 Å². The van der Waals surface area contributed by atoms with Gasteiger partial charge in [-0.15, -0.1) is 0 Å². The Morgan fingerprint density at radius 3 is 2.16 bits per heavy atom. The van der Waals surface area contributed by atoms with Gasteiger partial charge in [0.2, 0.25) is 10.0 Å². The highest BCUT2D eigenvalue weighted by Crippen LogP contribution is 2.26. The van der Waals surface area contributed by atoms with Crippen LogP contribution in [0.3, 0.4) is 0 Å². The van der Waals surface area contributed by atoms with Crippen LogP contribution in [0.25, 0.3) is 10.8 Å². The van der Waals surface area contributed by atoms with Crippen molar-refractivity contribution in [3.05, 3.63) is 72.3 Å². The van der Waals surface area contributed by atoms with Gasteiger partial charge in [-0.2, -0.15) is 13.1 Å². The summed E-state index contributed by atoms with van der Waals surface area (Å²) >= 11 is 0.424. The minimum atomic E-state index is -3.66. The first-order chi connectivity index (χ1) is 14.8. The number of hydrogen-bond donors (Lipinski definition) is 0. The van der Waals surface area contributed by atoms with Crippen LogP contribution in [-0.4, -0.2) is 55.5 Å². The summed E-state index contributed by atoms with van der Waals surface area (Å²) in [5.41, 5.74) is 0.393. The van der Waals surface area contributed by atoms with Gasteiger partial charge in [0, 0.05) is 36.6 Å². The first kappa shape index (κ1) is 21.7. The predicted molar refractivity (Wildman–Crippen MR) is 117 cm³/mol. The number of rotatable bonds is 5. The third-order valence-electron chi connectivity index (χ3n) is 5.21. The number of sulfonamides is 1. The number of alkyl halides is 2. The van der Waals surface area contributed by atoms with E-state index >= 15 is 0 Å². The molecule has 31 heavy (non-hydrogen) atoms. The standard InChI is InChI=1S/C22H20F2N2O3S2/c23-22(24)30-19-8-5-17(6-9-19)21(27)25-11-13-26(14-12-25)31(28,29)20-10-7-16-3-1-2-4-18(16)15-20/h1-10,15,22H,11-14H2. The van der Waals surface area contributed by atoms with Crippen LogP contribution in [0, 0.1) is 0 Å². The molecular formula is C22H20F2N2O3S2. The van der Waals surface area contributed by atoms with Crippen LogP contribution < -0.4 is 0 Å². The molecule has 0 saturated carbocycles. The fourth-order valence-corrected chi connectivity index (χ4v) is 5.53. The highest BCUT2D eigenvalue weighted by Gasteiger charge is 2.30. The van der Waals surface area contributed by atoms with E-state index in [2.05, 4.69) is 0 Å². The highest BCUT2D eigenvalue weighted by molar-refractivity contribution is 7.99. The second-order valence-electron chi connectivity index (χ2n) is 7.11. The first-order valence-corrected chi connectivity index (χ1v) is 12.0. The Balaban J connectivity index is 1.43. The van der Waals surface area contributed by atoms with E-state index in [-0.39, 0.29) is 37.0 Å². The summed E-state index contributed by atoms with van der Waals surface area (Å²) in [7, 11) is -3.66. The molecule has 162 valence electrons. The van der Waals surface area contributed by atoms with Crippen molar-refractivity contribution in [1.82, 2.24) is 9.21 Å². The van der Waals surface area contributed by atoms with E-state index in [0.29, 0.717) is 22.2 Å². The summed E-state index contributed by atoms with van der Waals surface area (Å²) in [6.07, 6.45) is 0. The van der Waals surface area contributed by atoms with E-state index in [4.69, 9.17) is 0 Å². The molecule has 1 aliphatic rings. The van der Waals surface area contributed by atoms with Crippen LogP contribution in [0.4, 0.5) is 8.78 Å². The van der Waals surface area contributed by atoms with Gasteiger partial charge in [0.25, 0.3) is 11.7 Å². The van der Waals surface area contributed by atoms with Crippen LogP contribution in [0.15, 0.2) is 76.5 Å². The zero-order valence-electron chi connectivity index (χ0n) is 16.4. The van der Waals surface area contributed by atoms with Gasteiger partial charge < -0.3 is 4.90 Å². The number of amides is 1. The topological polar surface area (TPSA) is 57.7 Å². The molecule has 1 amide bonds. The number of thioether (sulfide) groups is 1. The molecule has 1 aliphatic heterocycles. The Morgan fingerprint density at radius 2 is 1.52 bits per heavy atom. The lowest BCUT2D eigenvalue weighted by Crippen LogP contribution is -2.50. The van der Waals surface area contributed by atoms with Crippen LogP contribution in [0.2, 0.25) is 0 Å². The fraction of sp³-hybridized carbons (Fsp3) is 0.227. The average Bonchev–Trinajstić information content (AvgIpc) is 2.78. The maximum absolute atomic E-state index is 13.1. The summed E-state index contributed by atoms with van der Waals surface area (Å²) in [5, 5.41) is 1.82. The number of piperazine rings is 1. The third-order valence-corrected chi connectivity index (χ3v) is 7.83. The lowest BCUT2D eigenvalue weighted by Gasteiger charge is -2.34. The smallest absolute Gasteiger partial charge is 0.288 e. The van der Waals surface area contributed by atoms with Crippen LogP contribution in [0.1, 0.15) is 10.4 Å². The van der Waals surface area contributed by atoms with E-state index in [0.717, 1.165) is 10.8 Å². The summed E-state index contributed by atoms with van der Waals surface area (Å²) in [5.74, 6) is -2.75. The van der Waals surface area contributed by atoms with Crippen molar-refractivity contribution in [2.45, 2.75) is 15.5 Å². The zero-order chi connectivity index (χ0) is 22.0. The summed E-state index contributed by atoms with van der Waals surface area (Å²) in [4.78, 5) is 14.9. The van der Waals surface area contributed by atoms with Gasteiger partial charge in [0.05, 0.1) is 4.90 Å². The van der Waals surface area contributed by atoms with Gasteiger partial charge in [0.15, 0.2) is 0 Å². The normalized spacial score (nSPS) is 15.5. The molecule has 3 aromatic carbocycles. The minimum absolute atomic E-state index is 0.195. The average molecular weight is 463 g/mol. The van der Waals surface area contributed by atoms with Crippen molar-refractivity contribution in [1.29, 1.82) is 0 Å². The SMILES string of the molecule is O=C(c1ccc(SC(F)F)cc1)N1CCN(S(=O)(=O)c2ccc3ccccc3c2)CC1. The zero-order valence-corrected chi connectivity index (χ0v) is 18.1. The molecule has 5 nitrogen and oxygen atoms in total. The largest absolute Gasteiger partial charge is 0.336 e. The van der Waals surface area contributed by atoms with Gasteiger partial charge in [-0.25, -0.2) is 8.42 Å². The van der Waals surface area contributed by atoms with Crippen LogP contribution >= 0.6 is 11.8 Å². The molecule has 1 fully saturated rings. The van der Waals surface area contributed by atoms with Crippen LogP contribution in [-0.2, 0) is 10.0 Å². The van der Waals surface area contributed by atoms with Gasteiger partial charge >= 0.3 is 0 Å². The van der Waals surface area contributed by atoms with E-state index in [1.54, 1.807) is 23.1 Å². The van der Waals surface area contributed by atoms with E-state index in [1.807, 2.05) is 24.3 Å². The van der Waals surface area contributed by atoms with Crippen molar-refractivity contribution in [3.8, 4) is 0 Å². The lowest BCUT2D eigenvalue weighted by molar-refractivity contribution is 0.0698. The maximum atomic E-state index is 13.1. The molecule has 0 spiro atoms. The molecule has 0 radical (unpaired) electrons. The summed E-state index contributed by atoms with van der Waals surface area (Å²) < 4.78 is 52.4. The van der Waals surface area contributed by atoms with Gasteiger partial charge in [-0.3, -0.25) is 4.79 Å². The van der Waals surface area contributed by atoms with Crippen LogP contribution in [0.5, 0.6) is 0 Å². The predicted octanol–water partition coefficient (Wildman–Crippen LogP) is 4.30. The number of carbonyl (C=O) groups excluding carboxylic acids is 1. The Kier molecular flexibility index (Phi) is 6.27. The fourth-order valence-electron chi connectivity index (χ4n) is 3.57. The molecule has 0 N–H and O–H groups in total. The van der Waals surface area contributed by atoms with Crippen molar-refractivity contribution >= 4 is 38.5 Å². The van der Waals surface area contributed by atoms with Gasteiger partial charge in [0.1, 0.15) is 0 Å². The molecule has 1 heterocycles. The molecule has 0 bridgehead atoms. The number of halogens is 2. The number of benzene rings is 3. The Hall–Kier alpha value is -2.49. The summed E-state index contributed by atoms with van der Waals surface area (Å²) in [6.45, 7) is 0.915. The Bertz CT molecular complexity index is 1190. The molecule has 1 saturated heterocycles. The molecule has 4 rings (SSSR count). The maximum Gasteiger partial charge on any atom is 0.288 e. The monoisotopic (exact) mass is 462 g/mol. The number of hydrogen-bond acceptors (Lipinski definition) is 4. The molecule has 9 heteroatoms. The van der Waals surface area contributed by atoms with Crippen molar-refractivity contribution in [3.63, 3.8) is 0 Å². The first-order valence-electron chi connectivity index (χ1n) is 9.68. The molecule has 0 aliphatic carbocycles. The number of nitrogens with zero attached hydrogens (tertiary/aromatic N) is 2. The third kappa shape index (κ3) is 4.73. The van der Waals surface area contributed by atoms with Crippen molar-refractivity contribution in [2.24, 2.45) is 0 Å². The van der Waals surface area contributed by atoms with Gasteiger partial charge in [-0.05, 0) is 47.2 Å². The minimum Gasteiger partial charge on any atom is -0.336 e. The number of fused-ring (bicyclic) bond motifs is 1. The quantitative estimate of drug-likeness (QED) is 0.531. The summed E-state index contributed by atoms with van der Waals surface area (Å²) in [6, 6.07) is 18.6. The molecule has 0 atom stereocenters. The second kappa shape index (κ2) is 8.94. The molecule has 0 aromatic heterocycles. The second-order valence-corrected chi connectivity index (χ2v) is 10.1. The Morgan fingerprint density at radius 1 is 0.871 bits per heavy atom. The van der Waals surface area contributed by atoms with E-state index < -0.39 is 15.8 Å². The molecular weight excluding hydrogens is 442 g/mol.